The molecule has 0 atom stereocenters. The number of hydrogen-bond donors (Lipinski definition) is 0. The van der Waals surface area contributed by atoms with Gasteiger partial charge in [-0.25, -0.2) is 0 Å². The van der Waals surface area contributed by atoms with Crippen LogP contribution in [0.4, 0.5) is 0 Å². The fraction of sp³-hybridized carbons (Fsp3) is 1.00. The Hall–Kier alpha value is 0.797. The van der Waals surface area contributed by atoms with Crippen molar-refractivity contribution in [2.24, 2.45) is 0 Å². The SMILES string of the molecule is C[SiH2]CCCCCCCCCCCCCCCCCCCCCC(Cl)Cl. The molecule has 0 saturated carbocycles. The second-order valence-electron chi connectivity index (χ2n) is 8.25. The Kier molecular flexibility index (Phi) is 24.6. The summed E-state index contributed by atoms with van der Waals surface area (Å²) in [6.07, 6.45) is 28.3. The Morgan fingerprint density at radius 3 is 1.00 bits per heavy atom. The minimum atomic E-state index is -0.156. The summed E-state index contributed by atoms with van der Waals surface area (Å²) in [6, 6.07) is 1.57. The van der Waals surface area contributed by atoms with Crippen LogP contribution in [0.2, 0.25) is 12.6 Å². The van der Waals surface area contributed by atoms with Crippen molar-refractivity contribution in [3.8, 4) is 0 Å². The van der Waals surface area contributed by atoms with E-state index in [4.69, 9.17) is 23.2 Å². The van der Waals surface area contributed by atoms with Gasteiger partial charge in [0.25, 0.3) is 0 Å². The minimum absolute atomic E-state index is 0.156. The van der Waals surface area contributed by atoms with E-state index in [0.717, 1.165) is 6.42 Å². The van der Waals surface area contributed by atoms with E-state index in [1.165, 1.54) is 122 Å². The molecule has 0 aromatic heterocycles. The first kappa shape index (κ1) is 26.8. The van der Waals surface area contributed by atoms with E-state index in [2.05, 4.69) is 6.55 Å². The highest BCUT2D eigenvalue weighted by Crippen LogP contribution is 2.16. The van der Waals surface area contributed by atoms with Crippen LogP contribution in [0.5, 0.6) is 0 Å². The summed E-state index contributed by atoms with van der Waals surface area (Å²) in [5, 5.41) is 0. The van der Waals surface area contributed by atoms with Crippen molar-refractivity contribution < 1.29 is 0 Å². The minimum Gasteiger partial charge on any atom is -0.105 e. The second kappa shape index (κ2) is 23.8. The molecule has 0 rings (SSSR count). The predicted molar refractivity (Wildman–Crippen MR) is 127 cm³/mol. The third-order valence-electron chi connectivity index (χ3n) is 5.53. The van der Waals surface area contributed by atoms with Gasteiger partial charge in [0.05, 0.1) is 0 Å². The Labute approximate surface area is 178 Å². The lowest BCUT2D eigenvalue weighted by Gasteiger charge is -2.04. The van der Waals surface area contributed by atoms with Crippen molar-refractivity contribution in [3.05, 3.63) is 0 Å². The molecule has 0 aliphatic carbocycles. The second-order valence-corrected chi connectivity index (χ2v) is 11.2. The van der Waals surface area contributed by atoms with Crippen LogP contribution in [0.15, 0.2) is 0 Å². The lowest BCUT2D eigenvalue weighted by molar-refractivity contribution is 0.522. The maximum atomic E-state index is 5.73. The molecule has 0 bridgehead atoms. The molecule has 0 aromatic carbocycles. The zero-order valence-corrected chi connectivity index (χ0v) is 20.8. The summed E-state index contributed by atoms with van der Waals surface area (Å²) in [7, 11) is 0.335. The Morgan fingerprint density at radius 1 is 0.462 bits per heavy atom. The standard InChI is InChI=1S/C23H48Cl2Si/c1-26-22-20-18-16-14-12-10-8-6-4-2-3-5-7-9-11-13-15-17-19-21-23(24)25/h23H,2-22,26H2,1H3. The molecular formula is C23H48Cl2Si. The maximum Gasteiger partial charge on any atom is 0.107 e. The molecule has 158 valence electrons. The van der Waals surface area contributed by atoms with Gasteiger partial charge in [0.15, 0.2) is 0 Å². The van der Waals surface area contributed by atoms with Crippen molar-refractivity contribution in [3.63, 3.8) is 0 Å². The average Bonchev–Trinajstić information content (AvgIpc) is 2.62. The molecule has 0 aromatic rings. The van der Waals surface area contributed by atoms with Crippen molar-refractivity contribution in [2.45, 2.75) is 146 Å². The Balaban J connectivity index is 2.97. The van der Waals surface area contributed by atoms with Gasteiger partial charge in [0.2, 0.25) is 0 Å². The van der Waals surface area contributed by atoms with E-state index in [9.17, 15) is 0 Å². The molecule has 0 saturated heterocycles. The van der Waals surface area contributed by atoms with Crippen molar-refractivity contribution in [1.82, 2.24) is 0 Å². The van der Waals surface area contributed by atoms with Gasteiger partial charge in [-0.2, -0.15) is 0 Å². The number of rotatable bonds is 22. The first-order valence-corrected chi connectivity index (χ1v) is 15.3. The number of halogens is 2. The number of hydrogen-bond acceptors (Lipinski definition) is 0. The van der Waals surface area contributed by atoms with E-state index in [1.807, 2.05) is 0 Å². The lowest BCUT2D eigenvalue weighted by Crippen LogP contribution is -1.87. The molecule has 0 unspecified atom stereocenters. The third kappa shape index (κ3) is 24.8. The first-order valence-electron chi connectivity index (χ1n) is 12.1. The largest absolute Gasteiger partial charge is 0.107 e. The highest BCUT2D eigenvalue weighted by atomic mass is 35.5. The van der Waals surface area contributed by atoms with Crippen LogP contribution >= 0.6 is 23.2 Å². The van der Waals surface area contributed by atoms with Crippen LogP contribution in [0.25, 0.3) is 0 Å². The summed E-state index contributed by atoms with van der Waals surface area (Å²) in [5.74, 6) is 0. The smallest absolute Gasteiger partial charge is 0.105 e. The van der Waals surface area contributed by atoms with Gasteiger partial charge in [-0.05, 0) is 6.42 Å². The van der Waals surface area contributed by atoms with Gasteiger partial charge >= 0.3 is 0 Å². The van der Waals surface area contributed by atoms with Crippen molar-refractivity contribution in [1.29, 1.82) is 0 Å². The van der Waals surface area contributed by atoms with Gasteiger partial charge in [0.1, 0.15) is 4.84 Å². The highest BCUT2D eigenvalue weighted by Gasteiger charge is 1.98. The molecule has 0 amide bonds. The van der Waals surface area contributed by atoms with Gasteiger partial charge in [-0.1, -0.05) is 135 Å². The van der Waals surface area contributed by atoms with Crippen LogP contribution in [0, 0.1) is 0 Å². The molecule has 26 heavy (non-hydrogen) atoms. The van der Waals surface area contributed by atoms with E-state index >= 15 is 0 Å². The van der Waals surface area contributed by atoms with Crippen LogP contribution < -0.4 is 0 Å². The predicted octanol–water partition coefficient (Wildman–Crippen LogP) is 9.23. The monoisotopic (exact) mass is 422 g/mol. The van der Waals surface area contributed by atoms with Gasteiger partial charge in [-0.15, -0.1) is 23.2 Å². The van der Waals surface area contributed by atoms with Crippen molar-refractivity contribution in [2.75, 3.05) is 0 Å². The van der Waals surface area contributed by atoms with Crippen LogP contribution in [0.3, 0.4) is 0 Å². The topological polar surface area (TPSA) is 0 Å². The van der Waals surface area contributed by atoms with E-state index in [0.29, 0.717) is 9.52 Å². The first-order chi connectivity index (χ1) is 12.8. The van der Waals surface area contributed by atoms with E-state index in [1.54, 1.807) is 6.04 Å². The normalized spacial score (nSPS) is 12.0. The average molecular weight is 424 g/mol. The number of unbranched alkanes of at least 4 members (excludes halogenated alkanes) is 18. The zero-order chi connectivity index (χ0) is 19.1. The van der Waals surface area contributed by atoms with Gasteiger partial charge in [-0.3, -0.25) is 0 Å². The summed E-state index contributed by atoms with van der Waals surface area (Å²) in [5.41, 5.74) is 0. The highest BCUT2D eigenvalue weighted by molar-refractivity contribution is 6.44. The van der Waals surface area contributed by atoms with Crippen molar-refractivity contribution >= 4 is 32.7 Å². The van der Waals surface area contributed by atoms with E-state index in [-0.39, 0.29) is 4.84 Å². The summed E-state index contributed by atoms with van der Waals surface area (Å²) in [6.45, 7) is 2.43. The Bertz CT molecular complexity index is 246. The summed E-state index contributed by atoms with van der Waals surface area (Å²) < 4.78 is 0. The van der Waals surface area contributed by atoms with Crippen LogP contribution in [-0.2, 0) is 0 Å². The quantitative estimate of drug-likeness (QED) is 0.0924. The maximum absolute atomic E-state index is 5.73. The molecule has 0 fully saturated rings. The van der Waals surface area contributed by atoms with Gasteiger partial charge < -0.3 is 0 Å². The zero-order valence-electron chi connectivity index (χ0n) is 17.9. The third-order valence-corrected chi connectivity index (χ3v) is 7.17. The molecular weight excluding hydrogens is 375 g/mol. The van der Waals surface area contributed by atoms with Gasteiger partial charge in [0, 0.05) is 9.52 Å². The molecule has 0 spiro atoms. The van der Waals surface area contributed by atoms with Crippen LogP contribution in [0.1, 0.15) is 128 Å². The Morgan fingerprint density at radius 2 is 0.731 bits per heavy atom. The number of alkyl halides is 2. The molecule has 0 aliphatic heterocycles. The molecule has 0 heterocycles. The lowest BCUT2D eigenvalue weighted by atomic mass is 10.0. The molecule has 0 radical (unpaired) electrons. The molecule has 0 nitrogen and oxygen atoms in total. The fourth-order valence-electron chi connectivity index (χ4n) is 3.73. The molecule has 3 heteroatoms. The van der Waals surface area contributed by atoms with E-state index < -0.39 is 0 Å². The fourth-order valence-corrected chi connectivity index (χ4v) is 4.89. The van der Waals surface area contributed by atoms with Crippen LogP contribution in [-0.4, -0.2) is 14.4 Å². The summed E-state index contributed by atoms with van der Waals surface area (Å²) >= 11 is 11.5. The molecule has 0 N–H and O–H groups in total. The summed E-state index contributed by atoms with van der Waals surface area (Å²) in [4.78, 5) is -0.156. The molecule has 0 aliphatic rings.